The van der Waals surface area contributed by atoms with Gasteiger partial charge in [0.05, 0.1) is 18.2 Å². The molecule has 1 aromatic rings. The van der Waals surface area contributed by atoms with Crippen molar-refractivity contribution < 1.29 is 17.0 Å². The van der Waals surface area contributed by atoms with E-state index in [1.807, 2.05) is 4.90 Å². The maximum atomic E-state index is 12.6. The zero-order chi connectivity index (χ0) is 10.9. The van der Waals surface area contributed by atoms with Crippen LogP contribution in [0.2, 0.25) is 0 Å². The van der Waals surface area contributed by atoms with Gasteiger partial charge in [0, 0.05) is 13.1 Å². The number of rotatable bonds is 2. The van der Waals surface area contributed by atoms with Crippen molar-refractivity contribution in [3.63, 3.8) is 0 Å². The largest absolute Gasteiger partial charge is 0.378 e. The highest BCUT2D eigenvalue weighted by atomic mass is 32.3. The van der Waals surface area contributed by atoms with E-state index in [-0.39, 0.29) is 4.21 Å². The van der Waals surface area contributed by atoms with Gasteiger partial charge in [-0.2, -0.15) is 8.42 Å². The molecule has 2 heterocycles. The lowest BCUT2D eigenvalue weighted by Gasteiger charge is -2.27. The molecule has 0 bridgehead atoms. The monoisotopic (exact) mass is 251 g/mol. The van der Waals surface area contributed by atoms with Gasteiger partial charge < -0.3 is 9.64 Å². The molecule has 1 saturated heterocycles. The first kappa shape index (κ1) is 10.8. The van der Waals surface area contributed by atoms with E-state index in [4.69, 9.17) is 4.74 Å². The molecule has 0 aromatic carbocycles. The number of morpholine rings is 1. The van der Waals surface area contributed by atoms with Crippen LogP contribution in [0.1, 0.15) is 0 Å². The van der Waals surface area contributed by atoms with E-state index in [1.54, 1.807) is 6.07 Å². The molecular weight excluding hydrogens is 241 g/mol. The standard InChI is InChI=1S/C8H10FNO3S2/c9-15(11,12)8-2-1-7(14-8)10-3-5-13-6-4-10/h1-2H,3-6H2. The van der Waals surface area contributed by atoms with Gasteiger partial charge >= 0.3 is 10.2 Å². The third kappa shape index (κ3) is 2.47. The first-order chi connectivity index (χ1) is 7.07. The lowest BCUT2D eigenvalue weighted by molar-refractivity contribution is 0.123. The quantitative estimate of drug-likeness (QED) is 0.742. The number of nitrogens with zero attached hydrogens (tertiary/aromatic N) is 1. The van der Waals surface area contributed by atoms with Gasteiger partial charge in [0.25, 0.3) is 0 Å². The summed E-state index contributed by atoms with van der Waals surface area (Å²) < 4.78 is 38.8. The minimum absolute atomic E-state index is 0.232. The summed E-state index contributed by atoms with van der Waals surface area (Å²) in [6.45, 7) is 2.67. The van der Waals surface area contributed by atoms with Crippen molar-refractivity contribution in [1.82, 2.24) is 0 Å². The van der Waals surface area contributed by atoms with E-state index in [1.165, 1.54) is 6.07 Å². The minimum Gasteiger partial charge on any atom is -0.378 e. The third-order valence-electron chi connectivity index (χ3n) is 2.13. The van der Waals surface area contributed by atoms with Crippen LogP contribution in [0.4, 0.5) is 8.89 Å². The highest BCUT2D eigenvalue weighted by Gasteiger charge is 2.18. The number of hydrogen-bond acceptors (Lipinski definition) is 5. The van der Waals surface area contributed by atoms with Crippen molar-refractivity contribution in [2.75, 3.05) is 31.2 Å². The Labute approximate surface area is 91.5 Å². The van der Waals surface area contributed by atoms with Gasteiger partial charge in [-0.3, -0.25) is 0 Å². The normalized spacial score (nSPS) is 18.1. The van der Waals surface area contributed by atoms with Crippen LogP contribution in [0.25, 0.3) is 0 Å². The van der Waals surface area contributed by atoms with E-state index in [9.17, 15) is 12.3 Å². The average molecular weight is 251 g/mol. The molecule has 84 valence electrons. The molecule has 0 spiro atoms. The van der Waals surface area contributed by atoms with Crippen molar-refractivity contribution in [2.24, 2.45) is 0 Å². The Morgan fingerprint density at radius 1 is 1.33 bits per heavy atom. The van der Waals surface area contributed by atoms with Crippen molar-refractivity contribution in [3.05, 3.63) is 12.1 Å². The van der Waals surface area contributed by atoms with E-state index >= 15 is 0 Å². The zero-order valence-corrected chi connectivity index (χ0v) is 9.48. The number of hydrogen-bond donors (Lipinski definition) is 0. The van der Waals surface area contributed by atoms with Gasteiger partial charge in [0.15, 0.2) is 4.21 Å². The van der Waals surface area contributed by atoms with Gasteiger partial charge in [0.2, 0.25) is 0 Å². The topological polar surface area (TPSA) is 46.6 Å². The van der Waals surface area contributed by atoms with Crippen molar-refractivity contribution in [3.8, 4) is 0 Å². The highest BCUT2D eigenvalue weighted by molar-refractivity contribution is 7.88. The number of thiophene rings is 1. The maximum absolute atomic E-state index is 12.6. The van der Waals surface area contributed by atoms with E-state index < -0.39 is 10.2 Å². The fraction of sp³-hybridized carbons (Fsp3) is 0.500. The summed E-state index contributed by atoms with van der Waals surface area (Å²) in [5.41, 5.74) is 0. The fourth-order valence-electron chi connectivity index (χ4n) is 1.40. The first-order valence-electron chi connectivity index (χ1n) is 4.44. The Morgan fingerprint density at radius 2 is 2.00 bits per heavy atom. The second-order valence-corrected chi connectivity index (χ2v) is 5.77. The second kappa shape index (κ2) is 4.07. The van der Waals surface area contributed by atoms with Crippen LogP contribution in [0.5, 0.6) is 0 Å². The molecule has 0 unspecified atom stereocenters. The molecule has 1 aliphatic heterocycles. The van der Waals surface area contributed by atoms with Crippen molar-refractivity contribution in [2.45, 2.75) is 4.21 Å². The smallest absolute Gasteiger partial charge is 0.341 e. The molecule has 1 aromatic heterocycles. The van der Waals surface area contributed by atoms with Gasteiger partial charge in [-0.15, -0.1) is 11.3 Å². The van der Waals surface area contributed by atoms with Gasteiger partial charge in [-0.25, -0.2) is 0 Å². The second-order valence-electron chi connectivity index (χ2n) is 3.13. The summed E-state index contributed by atoms with van der Waals surface area (Å²) in [6, 6.07) is 2.92. The fourth-order valence-corrected chi connectivity index (χ4v) is 3.07. The maximum Gasteiger partial charge on any atom is 0.341 e. The highest BCUT2D eigenvalue weighted by Crippen LogP contribution is 2.30. The Kier molecular flexibility index (Phi) is 2.94. The van der Waals surface area contributed by atoms with Gasteiger partial charge in [-0.1, -0.05) is 3.89 Å². The van der Waals surface area contributed by atoms with Crippen LogP contribution < -0.4 is 4.90 Å². The molecule has 0 saturated carbocycles. The van der Waals surface area contributed by atoms with E-state index in [0.29, 0.717) is 26.3 Å². The molecule has 0 aliphatic carbocycles. The Morgan fingerprint density at radius 3 is 2.53 bits per heavy atom. The molecule has 0 amide bonds. The number of anilines is 1. The molecule has 2 rings (SSSR count). The lowest BCUT2D eigenvalue weighted by atomic mass is 10.4. The molecule has 0 atom stereocenters. The summed E-state index contributed by atoms with van der Waals surface area (Å²) in [6.07, 6.45) is 0. The molecular formula is C8H10FNO3S2. The molecule has 1 aliphatic rings. The third-order valence-corrected chi connectivity index (χ3v) is 4.53. The Balaban J connectivity index is 2.19. The molecule has 7 heteroatoms. The minimum atomic E-state index is -4.56. The molecule has 4 nitrogen and oxygen atoms in total. The van der Waals surface area contributed by atoms with Crippen LogP contribution in [0.3, 0.4) is 0 Å². The zero-order valence-electron chi connectivity index (χ0n) is 7.85. The lowest BCUT2D eigenvalue weighted by Crippen LogP contribution is -2.35. The summed E-state index contributed by atoms with van der Waals surface area (Å²) in [4.78, 5) is 1.99. The molecule has 0 radical (unpaired) electrons. The predicted molar refractivity (Wildman–Crippen MR) is 55.6 cm³/mol. The van der Waals surface area contributed by atoms with Gasteiger partial charge in [0.1, 0.15) is 0 Å². The molecule has 1 fully saturated rings. The van der Waals surface area contributed by atoms with E-state index in [0.717, 1.165) is 16.3 Å². The van der Waals surface area contributed by atoms with Crippen LogP contribution in [-0.4, -0.2) is 34.7 Å². The van der Waals surface area contributed by atoms with Crippen LogP contribution in [0, 0.1) is 0 Å². The summed E-state index contributed by atoms with van der Waals surface area (Å²) >= 11 is 0.954. The van der Waals surface area contributed by atoms with Crippen LogP contribution in [0.15, 0.2) is 16.3 Å². The first-order valence-corrected chi connectivity index (χ1v) is 6.64. The van der Waals surface area contributed by atoms with E-state index in [2.05, 4.69) is 0 Å². The SMILES string of the molecule is O=S(=O)(F)c1ccc(N2CCOCC2)s1. The van der Waals surface area contributed by atoms with Crippen LogP contribution in [-0.2, 0) is 15.0 Å². The number of ether oxygens (including phenoxy) is 1. The Bertz CT molecular complexity index is 436. The van der Waals surface area contributed by atoms with Gasteiger partial charge in [-0.05, 0) is 12.1 Å². The number of halogens is 1. The van der Waals surface area contributed by atoms with Crippen LogP contribution >= 0.6 is 11.3 Å². The molecule has 15 heavy (non-hydrogen) atoms. The Hall–Kier alpha value is -0.660. The summed E-state index contributed by atoms with van der Waals surface area (Å²) in [5, 5.41) is 0.773. The summed E-state index contributed by atoms with van der Waals surface area (Å²) in [7, 11) is -4.56. The average Bonchev–Trinajstić information content (AvgIpc) is 2.67. The van der Waals surface area contributed by atoms with Crippen molar-refractivity contribution in [1.29, 1.82) is 0 Å². The summed E-state index contributed by atoms with van der Waals surface area (Å²) in [5.74, 6) is 0. The van der Waals surface area contributed by atoms with Crippen molar-refractivity contribution >= 4 is 26.6 Å². The predicted octanol–water partition coefficient (Wildman–Crippen LogP) is 1.24. The molecule has 0 N–H and O–H groups in total.